The lowest BCUT2D eigenvalue weighted by molar-refractivity contribution is 0.416. The molecule has 3 aromatic rings. The number of methoxy groups -OCH3 is 1. The number of fused-ring (bicyclic) bond motifs is 1. The van der Waals surface area contributed by atoms with Crippen molar-refractivity contribution in [1.29, 1.82) is 0 Å². The Balaban J connectivity index is 2.28. The zero-order valence-electron chi connectivity index (χ0n) is 11.3. The van der Waals surface area contributed by atoms with Crippen molar-refractivity contribution in [3.05, 3.63) is 39.3 Å². The molecule has 0 atom stereocenters. The Morgan fingerprint density at radius 2 is 2.10 bits per heavy atom. The van der Waals surface area contributed by atoms with Gasteiger partial charge in [0.05, 0.1) is 23.4 Å². The number of aryl methyl sites for hydroxylation is 1. The maximum Gasteiger partial charge on any atom is 0.274 e. The molecule has 0 bridgehead atoms. The normalized spacial score (nSPS) is 11.0. The summed E-state index contributed by atoms with van der Waals surface area (Å²) in [4.78, 5) is 20.4. The summed E-state index contributed by atoms with van der Waals surface area (Å²) in [6, 6.07) is 4.65. The molecule has 0 aliphatic heterocycles. The van der Waals surface area contributed by atoms with Crippen LogP contribution in [0.2, 0.25) is 5.02 Å². The maximum atomic E-state index is 11.9. The highest BCUT2D eigenvalue weighted by Crippen LogP contribution is 2.34. The summed E-state index contributed by atoms with van der Waals surface area (Å²) in [5, 5.41) is 3.26. The van der Waals surface area contributed by atoms with Crippen molar-refractivity contribution >= 4 is 23.1 Å². The molecule has 2 aromatic heterocycles. The van der Waals surface area contributed by atoms with E-state index in [2.05, 4.69) is 15.1 Å². The molecule has 0 unspecified atom stereocenters. The van der Waals surface area contributed by atoms with Gasteiger partial charge in [-0.2, -0.15) is 9.50 Å². The summed E-state index contributed by atoms with van der Waals surface area (Å²) in [6.07, 6.45) is 0. The first-order chi connectivity index (χ1) is 9.99. The van der Waals surface area contributed by atoms with Crippen molar-refractivity contribution in [2.24, 2.45) is 0 Å². The number of hydrogen-bond acceptors (Lipinski definition) is 5. The highest BCUT2D eigenvalue weighted by atomic mass is 35.5. The molecule has 7 nitrogen and oxygen atoms in total. The van der Waals surface area contributed by atoms with E-state index in [-0.39, 0.29) is 11.3 Å². The number of nitrogens with one attached hydrogen (secondary N) is 1. The van der Waals surface area contributed by atoms with Gasteiger partial charge in [-0.3, -0.25) is 9.89 Å². The predicted octanol–water partition coefficient (Wildman–Crippen LogP) is 1.64. The standard InChI is InChI=1S/C13H12ClN5O2/c1-6-3-11(20)19-13(16-6)17-12(18-19)7-4-8(14)9(15)5-10(7)21-2/h3-5H,15H2,1-2H3,(H,16,17,18). The minimum absolute atomic E-state index is 0.239. The van der Waals surface area contributed by atoms with Crippen molar-refractivity contribution < 1.29 is 4.74 Å². The molecular formula is C13H12ClN5O2. The van der Waals surface area contributed by atoms with Crippen molar-refractivity contribution in [1.82, 2.24) is 19.6 Å². The number of ether oxygens (including phenoxy) is 1. The number of rotatable bonds is 2. The molecule has 108 valence electrons. The summed E-state index contributed by atoms with van der Waals surface area (Å²) in [6.45, 7) is 1.73. The van der Waals surface area contributed by atoms with E-state index in [1.807, 2.05) is 0 Å². The Hall–Kier alpha value is -2.54. The maximum absolute atomic E-state index is 11.9. The van der Waals surface area contributed by atoms with Gasteiger partial charge in [0.25, 0.3) is 11.3 Å². The van der Waals surface area contributed by atoms with Crippen molar-refractivity contribution in [3.8, 4) is 17.1 Å². The summed E-state index contributed by atoms with van der Waals surface area (Å²) >= 11 is 6.04. The number of nitrogen functional groups attached to an aromatic ring is 1. The van der Waals surface area contributed by atoms with E-state index >= 15 is 0 Å². The second-order valence-electron chi connectivity index (χ2n) is 4.52. The summed E-state index contributed by atoms with van der Waals surface area (Å²) in [5.74, 6) is 1.20. The van der Waals surface area contributed by atoms with Crippen LogP contribution in [0.4, 0.5) is 5.69 Å². The number of anilines is 1. The van der Waals surface area contributed by atoms with Crippen LogP contribution in [0.5, 0.6) is 5.75 Å². The van der Waals surface area contributed by atoms with Crippen LogP contribution in [0.1, 0.15) is 5.69 Å². The van der Waals surface area contributed by atoms with E-state index in [4.69, 9.17) is 22.1 Å². The minimum Gasteiger partial charge on any atom is -0.496 e. The third-order valence-electron chi connectivity index (χ3n) is 3.03. The van der Waals surface area contributed by atoms with Gasteiger partial charge >= 0.3 is 0 Å². The second kappa shape index (κ2) is 4.78. The van der Waals surface area contributed by atoms with E-state index in [9.17, 15) is 4.79 Å². The number of nitrogens with zero attached hydrogens (tertiary/aromatic N) is 3. The van der Waals surface area contributed by atoms with Gasteiger partial charge in [-0.25, -0.2) is 4.98 Å². The molecule has 3 rings (SSSR count). The lowest BCUT2D eigenvalue weighted by Gasteiger charge is -2.08. The van der Waals surface area contributed by atoms with Crippen molar-refractivity contribution in [3.63, 3.8) is 0 Å². The highest BCUT2D eigenvalue weighted by molar-refractivity contribution is 6.33. The SMILES string of the molecule is COc1cc(N)c(Cl)cc1-c1nc2nc(C)cc(=O)n2[nH]1. The Morgan fingerprint density at radius 1 is 1.33 bits per heavy atom. The van der Waals surface area contributed by atoms with Crippen LogP contribution in [-0.4, -0.2) is 26.7 Å². The van der Waals surface area contributed by atoms with Crippen LogP contribution >= 0.6 is 11.6 Å². The monoisotopic (exact) mass is 305 g/mol. The second-order valence-corrected chi connectivity index (χ2v) is 4.92. The zero-order chi connectivity index (χ0) is 15.1. The van der Waals surface area contributed by atoms with Gasteiger partial charge in [0, 0.05) is 17.8 Å². The van der Waals surface area contributed by atoms with E-state index in [0.29, 0.717) is 33.5 Å². The van der Waals surface area contributed by atoms with E-state index in [0.717, 1.165) is 0 Å². The molecule has 0 aliphatic carbocycles. The number of hydrogen-bond donors (Lipinski definition) is 2. The van der Waals surface area contributed by atoms with Crippen LogP contribution < -0.4 is 16.0 Å². The van der Waals surface area contributed by atoms with Crippen molar-refractivity contribution in [2.45, 2.75) is 6.92 Å². The average molecular weight is 306 g/mol. The number of benzene rings is 1. The van der Waals surface area contributed by atoms with Gasteiger partial charge in [-0.05, 0) is 13.0 Å². The lowest BCUT2D eigenvalue weighted by Crippen LogP contribution is -2.14. The Morgan fingerprint density at radius 3 is 2.81 bits per heavy atom. The molecule has 2 heterocycles. The Kier molecular flexibility index (Phi) is 3.06. The largest absolute Gasteiger partial charge is 0.496 e. The zero-order valence-corrected chi connectivity index (χ0v) is 12.1. The smallest absolute Gasteiger partial charge is 0.274 e. The van der Waals surface area contributed by atoms with E-state index in [1.54, 1.807) is 19.1 Å². The van der Waals surface area contributed by atoms with Crippen LogP contribution in [0.25, 0.3) is 17.2 Å². The predicted molar refractivity (Wildman–Crippen MR) is 79.8 cm³/mol. The molecule has 0 fully saturated rings. The van der Waals surface area contributed by atoms with E-state index < -0.39 is 0 Å². The van der Waals surface area contributed by atoms with Gasteiger partial charge in [-0.15, -0.1) is 0 Å². The summed E-state index contributed by atoms with van der Waals surface area (Å²) in [5.41, 5.74) is 7.11. The quantitative estimate of drug-likeness (QED) is 0.701. The summed E-state index contributed by atoms with van der Waals surface area (Å²) < 4.78 is 6.54. The molecular weight excluding hydrogens is 294 g/mol. The first kappa shape index (κ1) is 13.4. The lowest BCUT2D eigenvalue weighted by atomic mass is 10.1. The molecule has 0 radical (unpaired) electrons. The number of nitrogens with two attached hydrogens (primary N) is 1. The van der Waals surface area contributed by atoms with E-state index in [1.165, 1.54) is 17.7 Å². The molecule has 0 saturated carbocycles. The topological polar surface area (TPSA) is 98.3 Å². The Labute approximate surface area is 124 Å². The van der Waals surface area contributed by atoms with Gasteiger partial charge in [0.2, 0.25) is 0 Å². The number of halogens is 1. The molecule has 0 aliphatic rings. The molecule has 0 amide bonds. The molecule has 1 aromatic carbocycles. The van der Waals surface area contributed by atoms with Gasteiger partial charge in [0.15, 0.2) is 5.82 Å². The third kappa shape index (κ3) is 2.21. The average Bonchev–Trinajstić information content (AvgIpc) is 2.85. The van der Waals surface area contributed by atoms with Crippen LogP contribution in [0.3, 0.4) is 0 Å². The summed E-state index contributed by atoms with van der Waals surface area (Å²) in [7, 11) is 1.52. The van der Waals surface area contributed by atoms with Crippen LogP contribution in [-0.2, 0) is 0 Å². The fourth-order valence-electron chi connectivity index (χ4n) is 2.04. The molecule has 8 heteroatoms. The van der Waals surface area contributed by atoms with Crippen molar-refractivity contribution in [2.75, 3.05) is 12.8 Å². The van der Waals surface area contributed by atoms with Crippen LogP contribution in [0.15, 0.2) is 23.0 Å². The van der Waals surface area contributed by atoms with Gasteiger partial charge < -0.3 is 10.5 Å². The van der Waals surface area contributed by atoms with Crippen LogP contribution in [0, 0.1) is 6.92 Å². The minimum atomic E-state index is -0.239. The van der Waals surface area contributed by atoms with Gasteiger partial charge in [-0.1, -0.05) is 11.6 Å². The molecule has 0 spiro atoms. The highest BCUT2D eigenvalue weighted by Gasteiger charge is 2.14. The first-order valence-electron chi connectivity index (χ1n) is 6.09. The molecule has 0 saturated heterocycles. The first-order valence-corrected chi connectivity index (χ1v) is 6.47. The number of aromatic amines is 1. The third-order valence-corrected chi connectivity index (χ3v) is 3.36. The number of aromatic nitrogens is 4. The fraction of sp³-hybridized carbons (Fsp3) is 0.154. The molecule has 21 heavy (non-hydrogen) atoms. The Bertz CT molecular complexity index is 899. The number of H-pyrrole nitrogens is 1. The fourth-order valence-corrected chi connectivity index (χ4v) is 2.20. The molecule has 3 N–H and O–H groups in total. The van der Waals surface area contributed by atoms with Gasteiger partial charge in [0.1, 0.15) is 5.75 Å².